The molecule has 16 heavy (non-hydrogen) atoms. The Morgan fingerprint density at radius 2 is 2.12 bits per heavy atom. The Kier molecular flexibility index (Phi) is 3.96. The van der Waals surface area contributed by atoms with Gasteiger partial charge in [0.1, 0.15) is 0 Å². The molecule has 0 N–H and O–H groups in total. The number of allylic oxidation sites excluding steroid dienone is 2. The Balaban J connectivity index is 2.31. The minimum absolute atomic E-state index is 0.972. The van der Waals surface area contributed by atoms with Gasteiger partial charge in [-0.1, -0.05) is 36.8 Å². The van der Waals surface area contributed by atoms with Gasteiger partial charge in [-0.05, 0) is 42.6 Å². The third-order valence-electron chi connectivity index (χ3n) is 3.35. The maximum atomic E-state index is 6.01. The van der Waals surface area contributed by atoms with Crippen molar-refractivity contribution in [2.24, 2.45) is 0 Å². The van der Waals surface area contributed by atoms with Crippen LogP contribution in [-0.2, 0) is 4.43 Å². The fourth-order valence-electron chi connectivity index (χ4n) is 2.28. The molecule has 0 amide bonds. The maximum Gasteiger partial charge on any atom is 0.208 e. The molecule has 0 bridgehead atoms. The van der Waals surface area contributed by atoms with Crippen LogP contribution in [0.2, 0.25) is 6.04 Å². The lowest BCUT2D eigenvalue weighted by Crippen LogP contribution is -2.38. The Morgan fingerprint density at radius 3 is 2.81 bits per heavy atom. The summed E-state index contributed by atoms with van der Waals surface area (Å²) >= 11 is 0. The van der Waals surface area contributed by atoms with Crippen LogP contribution in [0, 0.1) is 0 Å². The summed E-state index contributed by atoms with van der Waals surface area (Å²) in [6.45, 7) is 5.27. The van der Waals surface area contributed by atoms with E-state index < -0.39 is 9.04 Å². The van der Waals surface area contributed by atoms with Gasteiger partial charge in [0, 0.05) is 6.61 Å². The molecular weight excluding hydrogens is 212 g/mol. The molecular formula is C14H20OSi. The average molecular weight is 232 g/mol. The quantitative estimate of drug-likeness (QED) is 0.713. The first-order valence-corrected chi connectivity index (χ1v) is 8.03. The summed E-state index contributed by atoms with van der Waals surface area (Å²) in [6, 6.07) is 10.1. The second-order valence-corrected chi connectivity index (χ2v) is 6.92. The molecule has 1 saturated heterocycles. The zero-order chi connectivity index (χ0) is 11.4. The second kappa shape index (κ2) is 5.46. The van der Waals surface area contributed by atoms with Crippen molar-refractivity contribution in [1.29, 1.82) is 0 Å². The lowest BCUT2D eigenvalue weighted by molar-refractivity contribution is 0.294. The summed E-state index contributed by atoms with van der Waals surface area (Å²) in [5.41, 5.74) is 2.78. The number of hydrogen-bond donors (Lipinski definition) is 0. The Hall–Kier alpha value is -0.863. The third kappa shape index (κ3) is 2.44. The van der Waals surface area contributed by atoms with Crippen LogP contribution in [-0.4, -0.2) is 15.6 Å². The summed E-state index contributed by atoms with van der Waals surface area (Å²) in [7, 11) is -1.13. The van der Waals surface area contributed by atoms with Gasteiger partial charge in [-0.15, -0.1) is 0 Å². The highest BCUT2D eigenvalue weighted by atomic mass is 28.3. The summed E-state index contributed by atoms with van der Waals surface area (Å²) in [4.78, 5) is 0. The Morgan fingerprint density at radius 1 is 1.31 bits per heavy atom. The lowest BCUT2D eigenvalue weighted by atomic mass is 10.1. The SMILES string of the molecule is C/C=C(\C)c1ccccc1[SiH]1CCCCO1. The standard InChI is InChI=1S/C14H20OSi/c1-3-12(2)13-8-4-5-9-14(13)16-11-7-6-10-15-16/h3-5,8-9,16H,6-7,10-11H2,1-2H3/b12-3+. The van der Waals surface area contributed by atoms with Gasteiger partial charge in [-0.3, -0.25) is 0 Å². The summed E-state index contributed by atoms with van der Waals surface area (Å²) in [5, 5.41) is 1.50. The van der Waals surface area contributed by atoms with E-state index in [1.165, 1.54) is 35.2 Å². The second-order valence-electron chi connectivity index (χ2n) is 4.41. The number of benzene rings is 1. The van der Waals surface area contributed by atoms with Gasteiger partial charge in [0.25, 0.3) is 0 Å². The van der Waals surface area contributed by atoms with Gasteiger partial charge in [0.05, 0.1) is 0 Å². The van der Waals surface area contributed by atoms with Crippen LogP contribution >= 0.6 is 0 Å². The topological polar surface area (TPSA) is 9.23 Å². The molecule has 1 fully saturated rings. The third-order valence-corrected chi connectivity index (χ3v) is 6.11. The predicted molar refractivity (Wildman–Crippen MR) is 72.5 cm³/mol. The largest absolute Gasteiger partial charge is 0.415 e. The summed E-state index contributed by atoms with van der Waals surface area (Å²) in [5.74, 6) is 0. The van der Waals surface area contributed by atoms with Crippen molar-refractivity contribution >= 4 is 19.8 Å². The van der Waals surface area contributed by atoms with Crippen LogP contribution in [0.15, 0.2) is 30.3 Å². The van der Waals surface area contributed by atoms with E-state index in [-0.39, 0.29) is 0 Å². The molecule has 1 heterocycles. The molecule has 86 valence electrons. The predicted octanol–water partition coefficient (Wildman–Crippen LogP) is 2.85. The van der Waals surface area contributed by atoms with E-state index in [2.05, 4.69) is 44.2 Å². The Labute approximate surface area is 99.9 Å². The molecule has 0 aliphatic carbocycles. The molecule has 2 rings (SSSR count). The molecule has 0 aromatic heterocycles. The maximum absolute atomic E-state index is 6.01. The van der Waals surface area contributed by atoms with Crippen molar-refractivity contribution in [2.45, 2.75) is 32.7 Å². The first-order valence-electron chi connectivity index (χ1n) is 6.16. The van der Waals surface area contributed by atoms with Gasteiger partial charge < -0.3 is 4.43 Å². The van der Waals surface area contributed by atoms with Gasteiger partial charge in [-0.25, -0.2) is 0 Å². The van der Waals surface area contributed by atoms with Crippen LogP contribution in [0.4, 0.5) is 0 Å². The van der Waals surface area contributed by atoms with Crippen molar-refractivity contribution in [3.05, 3.63) is 35.9 Å². The first kappa shape index (κ1) is 11.6. The van der Waals surface area contributed by atoms with E-state index in [1.807, 2.05) is 0 Å². The summed E-state index contributed by atoms with van der Waals surface area (Å²) in [6.07, 6.45) is 4.78. The van der Waals surface area contributed by atoms with E-state index in [0.29, 0.717) is 0 Å². The van der Waals surface area contributed by atoms with Gasteiger partial charge >= 0.3 is 0 Å². The van der Waals surface area contributed by atoms with Crippen molar-refractivity contribution in [3.8, 4) is 0 Å². The zero-order valence-electron chi connectivity index (χ0n) is 10.2. The highest BCUT2D eigenvalue weighted by Gasteiger charge is 2.21. The average Bonchev–Trinajstić information content (AvgIpc) is 2.39. The van der Waals surface area contributed by atoms with Crippen molar-refractivity contribution in [2.75, 3.05) is 6.61 Å². The molecule has 1 unspecified atom stereocenters. The highest BCUT2D eigenvalue weighted by Crippen LogP contribution is 2.17. The molecule has 1 aromatic carbocycles. The van der Waals surface area contributed by atoms with Gasteiger partial charge in [0.2, 0.25) is 9.04 Å². The molecule has 0 radical (unpaired) electrons. The normalized spacial score (nSPS) is 22.1. The molecule has 1 aliphatic rings. The minimum atomic E-state index is -1.13. The van der Waals surface area contributed by atoms with E-state index >= 15 is 0 Å². The summed E-state index contributed by atoms with van der Waals surface area (Å²) < 4.78 is 6.01. The van der Waals surface area contributed by atoms with Crippen LogP contribution in [0.5, 0.6) is 0 Å². The molecule has 1 aromatic rings. The van der Waals surface area contributed by atoms with Crippen LogP contribution in [0.1, 0.15) is 32.3 Å². The molecule has 0 spiro atoms. The fraction of sp³-hybridized carbons (Fsp3) is 0.429. The minimum Gasteiger partial charge on any atom is -0.415 e. The van der Waals surface area contributed by atoms with Gasteiger partial charge in [0.15, 0.2) is 0 Å². The smallest absolute Gasteiger partial charge is 0.208 e. The Bertz CT molecular complexity index is 378. The van der Waals surface area contributed by atoms with Crippen LogP contribution in [0.3, 0.4) is 0 Å². The first-order chi connectivity index (χ1) is 7.83. The molecule has 1 aliphatic heterocycles. The zero-order valence-corrected chi connectivity index (χ0v) is 11.4. The molecule has 1 atom stereocenters. The van der Waals surface area contributed by atoms with Crippen molar-refractivity contribution < 1.29 is 4.43 Å². The van der Waals surface area contributed by atoms with Crippen molar-refractivity contribution in [1.82, 2.24) is 0 Å². The van der Waals surface area contributed by atoms with Crippen molar-refractivity contribution in [3.63, 3.8) is 0 Å². The molecule has 0 saturated carbocycles. The van der Waals surface area contributed by atoms with E-state index in [0.717, 1.165) is 6.61 Å². The molecule has 2 heteroatoms. The number of rotatable bonds is 2. The monoisotopic (exact) mass is 232 g/mol. The van der Waals surface area contributed by atoms with E-state index in [1.54, 1.807) is 0 Å². The number of hydrogen-bond acceptors (Lipinski definition) is 1. The van der Waals surface area contributed by atoms with Gasteiger partial charge in [-0.2, -0.15) is 0 Å². The van der Waals surface area contributed by atoms with E-state index in [4.69, 9.17) is 4.43 Å². The van der Waals surface area contributed by atoms with Crippen LogP contribution < -0.4 is 5.19 Å². The lowest BCUT2D eigenvalue weighted by Gasteiger charge is -2.23. The van der Waals surface area contributed by atoms with E-state index in [9.17, 15) is 0 Å². The van der Waals surface area contributed by atoms with Crippen LogP contribution in [0.25, 0.3) is 5.57 Å². The fourth-order valence-corrected chi connectivity index (χ4v) is 5.04. The highest BCUT2D eigenvalue weighted by molar-refractivity contribution is 6.68. The molecule has 1 nitrogen and oxygen atoms in total.